The molecule has 1 aliphatic rings. The summed E-state index contributed by atoms with van der Waals surface area (Å²) in [5, 5.41) is 10.7. The van der Waals surface area contributed by atoms with E-state index in [9.17, 15) is 9.59 Å². The molecule has 2 rings (SSSR count). The summed E-state index contributed by atoms with van der Waals surface area (Å²) in [5.74, 6) is 0.970. The average molecular weight is 368 g/mol. The van der Waals surface area contributed by atoms with Crippen LogP contribution in [0.3, 0.4) is 0 Å². The average Bonchev–Trinajstić information content (AvgIpc) is 3.18. The van der Waals surface area contributed by atoms with Gasteiger partial charge in [0.1, 0.15) is 6.04 Å². The number of carbonyl (C=O) groups is 2. The van der Waals surface area contributed by atoms with E-state index < -0.39 is 17.9 Å². The quantitative estimate of drug-likeness (QED) is 0.642. The van der Waals surface area contributed by atoms with E-state index in [0.717, 1.165) is 37.5 Å². The van der Waals surface area contributed by atoms with E-state index in [4.69, 9.17) is 9.47 Å². The fourth-order valence-corrected chi connectivity index (χ4v) is 2.98. The molecule has 0 saturated carbocycles. The molecule has 0 radical (unpaired) electrons. The predicted molar refractivity (Wildman–Crippen MR) is 95.9 cm³/mol. The van der Waals surface area contributed by atoms with Gasteiger partial charge in [0, 0.05) is 19.2 Å². The highest BCUT2D eigenvalue weighted by Crippen LogP contribution is 2.18. The van der Waals surface area contributed by atoms with Gasteiger partial charge >= 0.3 is 5.97 Å². The standard InChI is InChI=1S/C16H24N4O4S/c1-23-16(22)12(7-10-25-2)17-14(21)11-24-15-6-5-13(18-19-15)20-8-3-4-9-20/h5-6,12H,3-4,7-11H2,1-2H3,(H,17,21). The molecule has 1 fully saturated rings. The smallest absolute Gasteiger partial charge is 0.328 e. The lowest BCUT2D eigenvalue weighted by Crippen LogP contribution is -2.44. The molecule has 1 aromatic heterocycles. The van der Waals surface area contributed by atoms with Gasteiger partial charge in [-0.05, 0) is 37.3 Å². The summed E-state index contributed by atoms with van der Waals surface area (Å²) in [6.45, 7) is 1.75. The van der Waals surface area contributed by atoms with Crippen molar-refractivity contribution in [1.29, 1.82) is 0 Å². The van der Waals surface area contributed by atoms with Gasteiger partial charge in [-0.15, -0.1) is 10.2 Å². The predicted octanol–water partition coefficient (Wildman–Crippen LogP) is 0.866. The molecule has 1 aliphatic heterocycles. The van der Waals surface area contributed by atoms with Crippen molar-refractivity contribution in [2.24, 2.45) is 0 Å². The van der Waals surface area contributed by atoms with Crippen LogP contribution in [-0.4, -0.2) is 66.9 Å². The van der Waals surface area contributed by atoms with Gasteiger partial charge in [0.2, 0.25) is 5.88 Å². The Labute approximate surface area is 151 Å². The Hall–Kier alpha value is -2.03. The third-order valence-corrected chi connectivity index (χ3v) is 4.48. The van der Waals surface area contributed by atoms with Gasteiger partial charge in [-0.25, -0.2) is 4.79 Å². The Kier molecular flexibility index (Phi) is 7.77. The van der Waals surface area contributed by atoms with E-state index >= 15 is 0 Å². The zero-order valence-electron chi connectivity index (χ0n) is 14.6. The number of anilines is 1. The third kappa shape index (κ3) is 6.08. The highest BCUT2D eigenvalue weighted by atomic mass is 32.2. The minimum atomic E-state index is -0.669. The Morgan fingerprint density at radius 1 is 1.32 bits per heavy atom. The van der Waals surface area contributed by atoms with Gasteiger partial charge in [-0.2, -0.15) is 11.8 Å². The summed E-state index contributed by atoms with van der Waals surface area (Å²) in [4.78, 5) is 25.8. The lowest BCUT2D eigenvalue weighted by Gasteiger charge is -2.16. The number of methoxy groups -OCH3 is 1. The molecule has 1 atom stereocenters. The highest BCUT2D eigenvalue weighted by molar-refractivity contribution is 7.98. The van der Waals surface area contributed by atoms with Crippen LogP contribution in [0.4, 0.5) is 5.82 Å². The number of rotatable bonds is 9. The SMILES string of the molecule is COC(=O)C(CCSC)NC(=O)COc1ccc(N2CCCC2)nn1. The molecule has 1 N–H and O–H groups in total. The van der Waals surface area contributed by atoms with Gasteiger partial charge < -0.3 is 19.7 Å². The Morgan fingerprint density at radius 2 is 2.08 bits per heavy atom. The van der Waals surface area contributed by atoms with Crippen LogP contribution in [0.5, 0.6) is 5.88 Å². The number of nitrogens with zero attached hydrogens (tertiary/aromatic N) is 3. The highest BCUT2D eigenvalue weighted by Gasteiger charge is 2.21. The fourth-order valence-electron chi connectivity index (χ4n) is 2.51. The normalized spacial score (nSPS) is 14.9. The summed E-state index contributed by atoms with van der Waals surface area (Å²) < 4.78 is 10.0. The Bertz CT molecular complexity index is 564. The number of ether oxygens (including phenoxy) is 2. The zero-order valence-corrected chi connectivity index (χ0v) is 15.4. The van der Waals surface area contributed by atoms with E-state index in [1.807, 2.05) is 12.3 Å². The lowest BCUT2D eigenvalue weighted by molar-refractivity contribution is -0.145. The number of esters is 1. The van der Waals surface area contributed by atoms with E-state index in [-0.39, 0.29) is 12.5 Å². The maximum Gasteiger partial charge on any atom is 0.328 e. The maximum absolute atomic E-state index is 12.0. The topological polar surface area (TPSA) is 93.6 Å². The van der Waals surface area contributed by atoms with E-state index in [1.165, 1.54) is 7.11 Å². The molecular formula is C16H24N4O4S. The largest absolute Gasteiger partial charge is 0.467 e. The number of nitrogens with one attached hydrogen (secondary N) is 1. The number of amides is 1. The molecule has 0 spiro atoms. The molecule has 25 heavy (non-hydrogen) atoms. The van der Waals surface area contributed by atoms with Crippen molar-refractivity contribution in [3.63, 3.8) is 0 Å². The van der Waals surface area contributed by atoms with Crippen molar-refractivity contribution >= 4 is 29.5 Å². The first-order valence-corrected chi connectivity index (χ1v) is 9.61. The first kappa shape index (κ1) is 19.3. The van der Waals surface area contributed by atoms with Gasteiger partial charge in [0.05, 0.1) is 7.11 Å². The van der Waals surface area contributed by atoms with Crippen LogP contribution in [0.15, 0.2) is 12.1 Å². The molecule has 1 unspecified atom stereocenters. The molecule has 1 aromatic rings. The summed E-state index contributed by atoms with van der Waals surface area (Å²) in [5.41, 5.74) is 0. The monoisotopic (exact) mass is 368 g/mol. The van der Waals surface area contributed by atoms with Crippen LogP contribution >= 0.6 is 11.8 Å². The second-order valence-electron chi connectivity index (χ2n) is 5.64. The summed E-state index contributed by atoms with van der Waals surface area (Å²) in [6, 6.07) is 2.86. The van der Waals surface area contributed by atoms with Gasteiger partial charge in [0.25, 0.3) is 5.91 Å². The minimum absolute atomic E-state index is 0.232. The number of thioether (sulfide) groups is 1. The third-order valence-electron chi connectivity index (χ3n) is 3.84. The first-order valence-electron chi connectivity index (χ1n) is 8.21. The maximum atomic E-state index is 12.0. The molecule has 2 heterocycles. The van der Waals surface area contributed by atoms with Crippen LogP contribution in [0, 0.1) is 0 Å². The molecular weight excluding hydrogens is 344 g/mol. The van der Waals surface area contributed by atoms with Crippen LogP contribution < -0.4 is 15.0 Å². The molecule has 138 valence electrons. The second kappa shape index (κ2) is 10.1. The van der Waals surface area contributed by atoms with Crippen LogP contribution in [-0.2, 0) is 14.3 Å². The number of carbonyl (C=O) groups excluding carboxylic acids is 2. The molecule has 0 aromatic carbocycles. The first-order chi connectivity index (χ1) is 12.1. The molecule has 0 bridgehead atoms. The Morgan fingerprint density at radius 3 is 2.68 bits per heavy atom. The van der Waals surface area contributed by atoms with Crippen LogP contribution in [0.25, 0.3) is 0 Å². The number of aromatic nitrogens is 2. The minimum Gasteiger partial charge on any atom is -0.467 e. The van der Waals surface area contributed by atoms with Crippen molar-refractivity contribution in [3.8, 4) is 5.88 Å². The van der Waals surface area contributed by atoms with Crippen molar-refractivity contribution in [2.45, 2.75) is 25.3 Å². The van der Waals surface area contributed by atoms with Gasteiger partial charge in [-0.3, -0.25) is 4.79 Å². The van der Waals surface area contributed by atoms with E-state index in [1.54, 1.807) is 17.8 Å². The van der Waals surface area contributed by atoms with Crippen LogP contribution in [0.2, 0.25) is 0 Å². The van der Waals surface area contributed by atoms with Gasteiger partial charge in [-0.1, -0.05) is 0 Å². The summed E-state index contributed by atoms with van der Waals surface area (Å²) >= 11 is 1.59. The van der Waals surface area contributed by atoms with Crippen LogP contribution in [0.1, 0.15) is 19.3 Å². The Balaban J connectivity index is 1.80. The number of hydrogen-bond donors (Lipinski definition) is 1. The molecule has 0 aliphatic carbocycles. The van der Waals surface area contributed by atoms with Crippen molar-refractivity contribution in [1.82, 2.24) is 15.5 Å². The molecule has 1 saturated heterocycles. The van der Waals surface area contributed by atoms with Gasteiger partial charge in [0.15, 0.2) is 12.4 Å². The summed E-state index contributed by atoms with van der Waals surface area (Å²) in [7, 11) is 1.30. The second-order valence-corrected chi connectivity index (χ2v) is 6.62. The molecule has 9 heteroatoms. The van der Waals surface area contributed by atoms with E-state index in [0.29, 0.717) is 6.42 Å². The van der Waals surface area contributed by atoms with Crippen molar-refractivity contribution in [2.75, 3.05) is 43.7 Å². The number of hydrogen-bond acceptors (Lipinski definition) is 8. The van der Waals surface area contributed by atoms with Crippen molar-refractivity contribution in [3.05, 3.63) is 12.1 Å². The molecule has 8 nitrogen and oxygen atoms in total. The zero-order chi connectivity index (χ0) is 18.1. The van der Waals surface area contributed by atoms with Crippen molar-refractivity contribution < 1.29 is 19.1 Å². The van der Waals surface area contributed by atoms with E-state index in [2.05, 4.69) is 20.4 Å². The molecule has 1 amide bonds. The lowest BCUT2D eigenvalue weighted by atomic mass is 10.2. The summed E-state index contributed by atoms with van der Waals surface area (Å²) in [6.07, 6.45) is 4.77. The fraction of sp³-hybridized carbons (Fsp3) is 0.625.